The largest absolute Gasteiger partial charge is 0.416 e. The average Bonchev–Trinajstić information content (AvgIpc) is 3.11. The number of benzene rings is 3. The van der Waals surface area contributed by atoms with Crippen LogP contribution in [0.1, 0.15) is 11.1 Å². The van der Waals surface area contributed by atoms with Gasteiger partial charge >= 0.3 is 6.18 Å². The van der Waals surface area contributed by atoms with Crippen LogP contribution in [0, 0.1) is 0 Å². The SMILES string of the molecule is O=C1C(=Nc2cccc(C(F)(F)F)c2)c2ccccc2N1C[NH+]1CCN(c2ccccc2)CC1. The van der Waals surface area contributed by atoms with Crippen LogP contribution in [0.5, 0.6) is 0 Å². The number of carbonyl (C=O) groups excluding carboxylic acids is 1. The minimum Gasteiger partial charge on any atom is -0.360 e. The molecule has 1 N–H and O–H groups in total. The third-order valence-corrected chi connectivity index (χ3v) is 6.29. The van der Waals surface area contributed by atoms with Crippen LogP contribution in [0.2, 0.25) is 0 Å². The molecule has 5 rings (SSSR count). The first-order valence-electron chi connectivity index (χ1n) is 11.2. The summed E-state index contributed by atoms with van der Waals surface area (Å²) in [6.45, 7) is 4.00. The average molecular weight is 465 g/mol. The second-order valence-corrected chi connectivity index (χ2v) is 8.49. The predicted molar refractivity (Wildman–Crippen MR) is 126 cm³/mol. The molecule has 2 aliphatic heterocycles. The van der Waals surface area contributed by atoms with Gasteiger partial charge in [-0.05, 0) is 36.4 Å². The molecule has 3 aromatic carbocycles. The van der Waals surface area contributed by atoms with Crippen molar-refractivity contribution < 1.29 is 22.9 Å². The number of amides is 1. The van der Waals surface area contributed by atoms with Crippen LogP contribution < -0.4 is 14.7 Å². The second kappa shape index (κ2) is 8.95. The van der Waals surface area contributed by atoms with Gasteiger partial charge in [0.1, 0.15) is 5.71 Å². The fourth-order valence-corrected chi connectivity index (χ4v) is 4.51. The molecular weight excluding hydrogens is 441 g/mol. The highest BCUT2D eigenvalue weighted by Gasteiger charge is 2.37. The van der Waals surface area contributed by atoms with E-state index >= 15 is 0 Å². The molecule has 0 radical (unpaired) electrons. The Hall–Kier alpha value is -3.65. The number of anilines is 2. The Kier molecular flexibility index (Phi) is 5.83. The molecule has 1 fully saturated rings. The van der Waals surface area contributed by atoms with Crippen molar-refractivity contribution in [3.63, 3.8) is 0 Å². The number of aliphatic imine (C=N–C) groups is 1. The van der Waals surface area contributed by atoms with E-state index in [4.69, 9.17) is 0 Å². The minimum absolute atomic E-state index is 0.110. The van der Waals surface area contributed by atoms with Crippen LogP contribution >= 0.6 is 0 Å². The molecule has 5 nitrogen and oxygen atoms in total. The normalized spacial score (nSPS) is 18.0. The summed E-state index contributed by atoms with van der Waals surface area (Å²) in [5, 5.41) is 0. The Bertz CT molecular complexity index is 1220. The molecule has 34 heavy (non-hydrogen) atoms. The molecule has 0 aromatic heterocycles. The van der Waals surface area contributed by atoms with Gasteiger partial charge < -0.3 is 9.80 Å². The number of alkyl halides is 3. The van der Waals surface area contributed by atoms with Gasteiger partial charge in [0.2, 0.25) is 0 Å². The first-order valence-corrected chi connectivity index (χ1v) is 11.2. The summed E-state index contributed by atoms with van der Waals surface area (Å²) >= 11 is 0. The van der Waals surface area contributed by atoms with E-state index in [1.807, 2.05) is 36.4 Å². The summed E-state index contributed by atoms with van der Waals surface area (Å²) < 4.78 is 39.4. The smallest absolute Gasteiger partial charge is 0.360 e. The number of para-hydroxylation sites is 2. The Morgan fingerprint density at radius 1 is 0.882 bits per heavy atom. The van der Waals surface area contributed by atoms with Gasteiger partial charge in [-0.15, -0.1) is 0 Å². The maximum Gasteiger partial charge on any atom is 0.416 e. The van der Waals surface area contributed by atoms with E-state index in [0.29, 0.717) is 12.2 Å². The monoisotopic (exact) mass is 465 g/mol. The first kappa shape index (κ1) is 22.2. The van der Waals surface area contributed by atoms with Crippen molar-refractivity contribution in [3.8, 4) is 0 Å². The maximum absolute atomic E-state index is 13.4. The van der Waals surface area contributed by atoms with Gasteiger partial charge in [-0.3, -0.25) is 9.69 Å². The Balaban J connectivity index is 1.35. The fraction of sp³-hybridized carbons (Fsp3) is 0.231. The zero-order chi connectivity index (χ0) is 23.7. The number of rotatable bonds is 4. The number of hydrogen-bond donors (Lipinski definition) is 1. The van der Waals surface area contributed by atoms with Gasteiger partial charge in [0, 0.05) is 11.3 Å². The molecule has 2 heterocycles. The molecule has 8 heteroatoms. The molecular formula is C26H24F3N4O+. The molecule has 1 amide bonds. The Morgan fingerprint density at radius 2 is 1.59 bits per heavy atom. The van der Waals surface area contributed by atoms with Crippen LogP contribution in [0.3, 0.4) is 0 Å². The highest BCUT2D eigenvalue weighted by atomic mass is 19.4. The zero-order valence-corrected chi connectivity index (χ0v) is 18.4. The number of carbonyl (C=O) groups is 1. The van der Waals surface area contributed by atoms with Crippen molar-refractivity contribution in [1.29, 1.82) is 0 Å². The molecule has 1 saturated heterocycles. The van der Waals surface area contributed by atoms with E-state index < -0.39 is 11.7 Å². The lowest BCUT2D eigenvalue weighted by molar-refractivity contribution is -0.899. The van der Waals surface area contributed by atoms with Crippen LogP contribution in [-0.2, 0) is 11.0 Å². The predicted octanol–water partition coefficient (Wildman–Crippen LogP) is 3.54. The van der Waals surface area contributed by atoms with Crippen molar-refractivity contribution in [2.24, 2.45) is 4.99 Å². The van der Waals surface area contributed by atoms with Crippen LogP contribution in [0.25, 0.3) is 0 Å². The molecule has 174 valence electrons. The van der Waals surface area contributed by atoms with Crippen molar-refractivity contribution in [1.82, 2.24) is 0 Å². The molecule has 0 spiro atoms. The highest BCUT2D eigenvalue weighted by Crippen LogP contribution is 2.33. The van der Waals surface area contributed by atoms with Crippen molar-refractivity contribution in [2.75, 3.05) is 42.6 Å². The third kappa shape index (κ3) is 4.41. The summed E-state index contributed by atoms with van der Waals surface area (Å²) in [6, 6.07) is 22.3. The number of quaternary nitrogens is 1. The van der Waals surface area contributed by atoms with Crippen LogP contribution in [-0.4, -0.2) is 44.5 Å². The lowest BCUT2D eigenvalue weighted by atomic mass is 10.1. The van der Waals surface area contributed by atoms with E-state index in [0.717, 1.165) is 44.0 Å². The van der Waals surface area contributed by atoms with Crippen molar-refractivity contribution >= 4 is 28.7 Å². The lowest BCUT2D eigenvalue weighted by Crippen LogP contribution is -3.16. The second-order valence-electron chi connectivity index (χ2n) is 8.49. The molecule has 0 aliphatic carbocycles. The Morgan fingerprint density at radius 3 is 2.32 bits per heavy atom. The van der Waals surface area contributed by atoms with Gasteiger partial charge in [-0.25, -0.2) is 4.99 Å². The number of piperazine rings is 1. The lowest BCUT2D eigenvalue weighted by Gasteiger charge is -2.35. The maximum atomic E-state index is 13.4. The summed E-state index contributed by atoms with van der Waals surface area (Å²) in [5.41, 5.74) is 2.09. The summed E-state index contributed by atoms with van der Waals surface area (Å²) in [7, 11) is 0. The number of hydrogen-bond acceptors (Lipinski definition) is 3. The number of halogens is 3. The van der Waals surface area contributed by atoms with Gasteiger partial charge in [0.05, 0.1) is 43.1 Å². The molecule has 0 atom stereocenters. The summed E-state index contributed by atoms with van der Waals surface area (Å²) in [4.78, 5) is 23.0. The summed E-state index contributed by atoms with van der Waals surface area (Å²) in [5.74, 6) is -0.281. The van der Waals surface area contributed by atoms with E-state index in [-0.39, 0.29) is 17.3 Å². The number of nitrogens with zero attached hydrogens (tertiary/aromatic N) is 3. The zero-order valence-electron chi connectivity index (χ0n) is 18.4. The van der Waals surface area contributed by atoms with Gasteiger partial charge in [0.15, 0.2) is 6.67 Å². The van der Waals surface area contributed by atoms with Crippen molar-refractivity contribution in [2.45, 2.75) is 6.18 Å². The van der Waals surface area contributed by atoms with Crippen molar-refractivity contribution in [3.05, 3.63) is 90.0 Å². The Labute approximate surface area is 195 Å². The van der Waals surface area contributed by atoms with E-state index in [1.165, 1.54) is 22.7 Å². The number of nitrogens with one attached hydrogen (secondary N) is 1. The molecule has 0 unspecified atom stereocenters. The van der Waals surface area contributed by atoms with Gasteiger partial charge in [-0.2, -0.15) is 13.2 Å². The fourth-order valence-electron chi connectivity index (χ4n) is 4.51. The molecule has 0 saturated carbocycles. The standard InChI is InChI=1S/C26H23F3N4O/c27-26(28,29)19-7-6-8-20(17-19)30-24-22-11-4-5-12-23(22)33(25(24)34)18-31-13-15-32(16-14-31)21-9-2-1-3-10-21/h1-12,17H,13-16,18H2/p+1. The van der Waals surface area contributed by atoms with E-state index in [9.17, 15) is 18.0 Å². The highest BCUT2D eigenvalue weighted by molar-refractivity contribution is 6.54. The third-order valence-electron chi connectivity index (χ3n) is 6.29. The molecule has 0 bridgehead atoms. The minimum atomic E-state index is -4.47. The van der Waals surface area contributed by atoms with Gasteiger partial charge in [-0.1, -0.05) is 42.5 Å². The topological polar surface area (TPSA) is 40.4 Å². The van der Waals surface area contributed by atoms with Crippen LogP contribution in [0.4, 0.5) is 30.2 Å². The molecule has 2 aliphatic rings. The van der Waals surface area contributed by atoms with E-state index in [1.54, 1.807) is 11.0 Å². The van der Waals surface area contributed by atoms with E-state index in [2.05, 4.69) is 22.0 Å². The summed E-state index contributed by atoms with van der Waals surface area (Å²) in [6.07, 6.45) is -4.47. The quantitative estimate of drug-likeness (QED) is 0.641. The number of fused-ring (bicyclic) bond motifs is 1. The first-order chi connectivity index (χ1) is 16.4. The molecule has 3 aromatic rings. The van der Waals surface area contributed by atoms with Crippen LogP contribution in [0.15, 0.2) is 83.9 Å². The van der Waals surface area contributed by atoms with Gasteiger partial charge in [0.25, 0.3) is 5.91 Å².